The molecule has 0 saturated carbocycles. The van der Waals surface area contributed by atoms with Gasteiger partial charge in [0.1, 0.15) is 11.4 Å². The fourth-order valence-corrected chi connectivity index (χ4v) is 4.66. The number of aryl methyl sites for hydroxylation is 2. The lowest BCUT2D eigenvalue weighted by molar-refractivity contribution is 0.0240. The van der Waals surface area contributed by atoms with Crippen molar-refractivity contribution in [1.82, 2.24) is 9.88 Å². The second-order valence-electron chi connectivity index (χ2n) is 9.45. The van der Waals surface area contributed by atoms with Crippen LogP contribution < -0.4 is 4.90 Å². The molecule has 2 aromatic carbocycles. The fourth-order valence-electron chi connectivity index (χ4n) is 4.66. The van der Waals surface area contributed by atoms with Crippen LogP contribution in [0.5, 0.6) is 0 Å². The molecular weight excluding hydrogens is 386 g/mol. The Hall–Kier alpha value is -3.08. The third kappa shape index (κ3) is 3.85. The van der Waals surface area contributed by atoms with Crippen LogP contribution in [-0.4, -0.2) is 47.8 Å². The summed E-state index contributed by atoms with van der Waals surface area (Å²) >= 11 is 0. The highest BCUT2D eigenvalue weighted by Crippen LogP contribution is 2.36. The second-order valence-corrected chi connectivity index (χ2v) is 9.45. The number of rotatable bonds is 2. The minimum Gasteiger partial charge on any atom is -0.444 e. The van der Waals surface area contributed by atoms with Gasteiger partial charge in [-0.05, 0) is 67.6 Å². The van der Waals surface area contributed by atoms with Gasteiger partial charge < -0.3 is 14.5 Å². The predicted octanol–water partition coefficient (Wildman–Crippen LogP) is 5.06. The number of piperazine rings is 1. The summed E-state index contributed by atoms with van der Waals surface area (Å²) in [5.41, 5.74) is 4.62. The van der Waals surface area contributed by atoms with Gasteiger partial charge in [-0.25, -0.2) is 9.78 Å². The SMILES string of the molecule is CC(C)(C)OC(=O)N1CCN(c2cccc(-c3ccc4c5c(cccc35)CC4)n2)CC1. The third-order valence-corrected chi connectivity index (χ3v) is 6.14. The van der Waals surface area contributed by atoms with Gasteiger partial charge in [0.15, 0.2) is 0 Å². The molecule has 1 amide bonds. The van der Waals surface area contributed by atoms with Gasteiger partial charge >= 0.3 is 6.09 Å². The van der Waals surface area contributed by atoms with Crippen LogP contribution in [0.2, 0.25) is 0 Å². The number of hydrogen-bond acceptors (Lipinski definition) is 4. The lowest BCUT2D eigenvalue weighted by Crippen LogP contribution is -2.50. The molecule has 5 rings (SSSR count). The van der Waals surface area contributed by atoms with E-state index in [0.29, 0.717) is 13.1 Å². The highest BCUT2D eigenvalue weighted by atomic mass is 16.6. The normalized spacial score (nSPS) is 16.1. The third-order valence-electron chi connectivity index (χ3n) is 6.14. The topological polar surface area (TPSA) is 45.7 Å². The number of pyridine rings is 1. The minimum atomic E-state index is -0.469. The van der Waals surface area contributed by atoms with E-state index in [-0.39, 0.29) is 6.09 Å². The Balaban J connectivity index is 1.37. The molecule has 0 N–H and O–H groups in total. The average molecular weight is 416 g/mol. The molecule has 1 aliphatic heterocycles. The van der Waals surface area contributed by atoms with Crippen molar-refractivity contribution >= 4 is 22.7 Å². The average Bonchev–Trinajstić information content (AvgIpc) is 3.18. The van der Waals surface area contributed by atoms with Gasteiger partial charge in [0.25, 0.3) is 0 Å². The Morgan fingerprint density at radius 2 is 1.61 bits per heavy atom. The van der Waals surface area contributed by atoms with Crippen molar-refractivity contribution in [3.63, 3.8) is 0 Å². The number of aromatic nitrogens is 1. The number of amides is 1. The van der Waals surface area contributed by atoms with Gasteiger partial charge in [0, 0.05) is 31.7 Å². The summed E-state index contributed by atoms with van der Waals surface area (Å²) in [6.07, 6.45) is 2.03. The van der Waals surface area contributed by atoms with Crippen LogP contribution in [0.15, 0.2) is 48.5 Å². The maximum atomic E-state index is 12.4. The maximum absolute atomic E-state index is 12.4. The lowest BCUT2D eigenvalue weighted by Gasteiger charge is -2.36. The summed E-state index contributed by atoms with van der Waals surface area (Å²) in [5, 5.41) is 2.71. The number of nitrogens with zero attached hydrogens (tertiary/aromatic N) is 3. The van der Waals surface area contributed by atoms with Crippen molar-refractivity contribution < 1.29 is 9.53 Å². The van der Waals surface area contributed by atoms with Gasteiger partial charge in [-0.3, -0.25) is 0 Å². The van der Waals surface area contributed by atoms with Crippen LogP contribution in [0.4, 0.5) is 10.6 Å². The summed E-state index contributed by atoms with van der Waals surface area (Å²) < 4.78 is 5.51. The van der Waals surface area contributed by atoms with Crippen molar-refractivity contribution in [1.29, 1.82) is 0 Å². The molecule has 5 nitrogen and oxygen atoms in total. The molecule has 3 aromatic rings. The molecular formula is C26H29N3O2. The highest BCUT2D eigenvalue weighted by Gasteiger charge is 2.26. The highest BCUT2D eigenvalue weighted by molar-refractivity contribution is 6.00. The molecule has 31 heavy (non-hydrogen) atoms. The molecule has 1 fully saturated rings. The number of carbonyl (C=O) groups is 1. The predicted molar refractivity (Wildman–Crippen MR) is 125 cm³/mol. The van der Waals surface area contributed by atoms with Crippen LogP contribution in [0.3, 0.4) is 0 Å². The molecule has 5 heteroatoms. The van der Waals surface area contributed by atoms with Crippen molar-refractivity contribution in [2.75, 3.05) is 31.1 Å². The fraction of sp³-hybridized carbons (Fsp3) is 0.385. The van der Waals surface area contributed by atoms with Crippen molar-refractivity contribution in [2.45, 2.75) is 39.2 Å². The first-order valence-electron chi connectivity index (χ1n) is 11.1. The van der Waals surface area contributed by atoms with E-state index in [4.69, 9.17) is 9.72 Å². The molecule has 160 valence electrons. The van der Waals surface area contributed by atoms with E-state index in [2.05, 4.69) is 53.4 Å². The van der Waals surface area contributed by atoms with Crippen LogP contribution in [0.25, 0.3) is 22.0 Å². The summed E-state index contributed by atoms with van der Waals surface area (Å²) in [6.45, 7) is 8.48. The van der Waals surface area contributed by atoms with E-state index < -0.39 is 5.60 Å². The number of ether oxygens (including phenoxy) is 1. The van der Waals surface area contributed by atoms with Crippen molar-refractivity contribution in [2.24, 2.45) is 0 Å². The summed E-state index contributed by atoms with van der Waals surface area (Å²) in [6, 6.07) is 17.4. The Labute approximate surface area is 183 Å². The number of hydrogen-bond donors (Lipinski definition) is 0. The molecule has 0 unspecified atom stereocenters. The first-order chi connectivity index (χ1) is 14.9. The number of anilines is 1. The van der Waals surface area contributed by atoms with Gasteiger partial charge in [0.05, 0.1) is 5.69 Å². The second kappa shape index (κ2) is 7.56. The maximum Gasteiger partial charge on any atom is 0.410 e. The van der Waals surface area contributed by atoms with Gasteiger partial charge in [-0.2, -0.15) is 0 Å². The van der Waals surface area contributed by atoms with Crippen LogP contribution in [-0.2, 0) is 17.6 Å². The first kappa shape index (κ1) is 19.9. The molecule has 1 aromatic heterocycles. The van der Waals surface area contributed by atoms with E-state index in [1.807, 2.05) is 20.8 Å². The molecule has 1 saturated heterocycles. The molecule has 0 bridgehead atoms. The standard InChI is InChI=1S/C26H29N3O2/c1-26(2,3)31-25(30)29-16-14-28(15-17-29)23-9-5-8-22(27-23)20-13-12-19-11-10-18-6-4-7-21(20)24(18)19/h4-9,12-13H,10-11,14-17H2,1-3H3. The van der Waals surface area contributed by atoms with Crippen LogP contribution in [0.1, 0.15) is 31.9 Å². The first-order valence-corrected chi connectivity index (χ1v) is 11.1. The summed E-state index contributed by atoms with van der Waals surface area (Å²) in [5.74, 6) is 0.963. The number of carbonyl (C=O) groups excluding carboxylic acids is 1. The lowest BCUT2D eigenvalue weighted by atomic mass is 9.98. The molecule has 0 spiro atoms. The molecule has 0 radical (unpaired) electrons. The quantitative estimate of drug-likeness (QED) is 0.587. The van der Waals surface area contributed by atoms with Crippen molar-refractivity contribution in [3.05, 3.63) is 59.7 Å². The van der Waals surface area contributed by atoms with Crippen molar-refractivity contribution in [3.8, 4) is 11.3 Å². The monoisotopic (exact) mass is 415 g/mol. The molecule has 1 aliphatic carbocycles. The largest absolute Gasteiger partial charge is 0.444 e. The zero-order valence-electron chi connectivity index (χ0n) is 18.5. The number of benzene rings is 2. The Morgan fingerprint density at radius 3 is 2.35 bits per heavy atom. The Bertz CT molecular complexity index is 1130. The zero-order valence-corrected chi connectivity index (χ0v) is 18.5. The van der Waals surface area contributed by atoms with Crippen LogP contribution in [0, 0.1) is 0 Å². The summed E-state index contributed by atoms with van der Waals surface area (Å²) in [7, 11) is 0. The Morgan fingerprint density at radius 1 is 0.903 bits per heavy atom. The van der Waals surface area contributed by atoms with Gasteiger partial charge in [0.2, 0.25) is 0 Å². The van der Waals surface area contributed by atoms with E-state index in [0.717, 1.165) is 37.4 Å². The van der Waals surface area contributed by atoms with E-state index in [1.165, 1.54) is 27.5 Å². The van der Waals surface area contributed by atoms with E-state index in [1.54, 1.807) is 4.90 Å². The van der Waals surface area contributed by atoms with Gasteiger partial charge in [-0.15, -0.1) is 0 Å². The van der Waals surface area contributed by atoms with E-state index >= 15 is 0 Å². The zero-order chi connectivity index (χ0) is 21.6. The summed E-state index contributed by atoms with van der Waals surface area (Å²) in [4.78, 5) is 21.4. The molecule has 0 atom stereocenters. The molecule has 2 aliphatic rings. The smallest absolute Gasteiger partial charge is 0.410 e. The van der Waals surface area contributed by atoms with E-state index in [9.17, 15) is 4.79 Å². The van der Waals surface area contributed by atoms with Crippen LogP contribution >= 0.6 is 0 Å². The molecule has 2 heterocycles. The minimum absolute atomic E-state index is 0.234. The van der Waals surface area contributed by atoms with Gasteiger partial charge in [-0.1, -0.05) is 36.4 Å². The Kier molecular flexibility index (Phi) is 4.84.